The van der Waals surface area contributed by atoms with Crippen molar-refractivity contribution in [1.82, 2.24) is 0 Å². The monoisotopic (exact) mass is 878 g/mol. The fourth-order valence-electron chi connectivity index (χ4n) is 7.30. The third-order valence-electron chi connectivity index (χ3n) is 10.9. The lowest BCUT2D eigenvalue weighted by molar-refractivity contribution is 0.00377. The van der Waals surface area contributed by atoms with Crippen LogP contribution in [0.15, 0.2) is 70.5 Å². The van der Waals surface area contributed by atoms with Crippen LogP contribution in [-0.4, -0.2) is 52.4 Å². The number of rotatable bonds is 30. The van der Waals surface area contributed by atoms with Crippen LogP contribution in [0.2, 0.25) is 0 Å². The Hall–Kier alpha value is -4.12. The van der Waals surface area contributed by atoms with Crippen LogP contribution in [-0.2, 0) is 19.7 Å². The Morgan fingerprint density at radius 3 is 1.08 bits per heavy atom. The maximum atomic E-state index is 14.7. The van der Waals surface area contributed by atoms with Crippen molar-refractivity contribution < 1.29 is 40.6 Å². The second-order valence-corrected chi connectivity index (χ2v) is 20.0. The highest BCUT2D eigenvalue weighted by Gasteiger charge is 2.47. The van der Waals surface area contributed by atoms with E-state index in [1.807, 2.05) is 12.1 Å². The summed E-state index contributed by atoms with van der Waals surface area (Å²) in [6.07, 6.45) is 20.6. The maximum Gasteiger partial charge on any atom is 0.504 e. The summed E-state index contributed by atoms with van der Waals surface area (Å²) in [6, 6.07) is 16.6. The van der Waals surface area contributed by atoms with Crippen molar-refractivity contribution in [3.05, 3.63) is 66.2 Å². The summed E-state index contributed by atoms with van der Waals surface area (Å²) in [6.45, 7) is 10.2. The van der Waals surface area contributed by atoms with E-state index in [9.17, 15) is 22.4 Å². The molecule has 0 spiro atoms. The predicted molar refractivity (Wildman–Crippen MR) is 248 cm³/mol. The molecule has 4 rings (SSSR count). The van der Waals surface area contributed by atoms with Crippen LogP contribution in [0, 0.1) is 0 Å². The van der Waals surface area contributed by atoms with Crippen LogP contribution in [0.4, 0.5) is 0 Å². The molecule has 10 nitrogen and oxygen atoms in total. The van der Waals surface area contributed by atoms with Gasteiger partial charge < -0.3 is 24.5 Å². The first-order valence-electron chi connectivity index (χ1n) is 23.0. The van der Waals surface area contributed by atoms with Crippen molar-refractivity contribution >= 4 is 45.6 Å². The summed E-state index contributed by atoms with van der Waals surface area (Å²) < 4.78 is 81.7. The number of nitrogens with zero attached hydrogens (tertiary/aromatic N) is 2. The smallest absolute Gasteiger partial charge is 0.494 e. The minimum absolute atomic E-state index is 0.0315. The quantitative estimate of drug-likeness (QED) is 0.0166. The Morgan fingerprint density at radius 1 is 0.426 bits per heavy atom. The molecular formula is C49H70N2O8S2. The Balaban J connectivity index is 1.71. The lowest BCUT2D eigenvalue weighted by Gasteiger charge is -2.15. The van der Waals surface area contributed by atoms with Crippen molar-refractivity contribution in [1.29, 1.82) is 0 Å². The van der Waals surface area contributed by atoms with E-state index in [2.05, 4.69) is 32.5 Å². The first-order chi connectivity index (χ1) is 29.6. The lowest BCUT2D eigenvalue weighted by Crippen LogP contribution is -2.27. The molecule has 0 saturated carbocycles. The van der Waals surface area contributed by atoms with Gasteiger partial charge in [0.15, 0.2) is 0 Å². The largest absolute Gasteiger partial charge is 0.504 e. The van der Waals surface area contributed by atoms with Gasteiger partial charge in [-0.05, 0) is 95.8 Å². The average molecular weight is 879 g/mol. The summed E-state index contributed by atoms with van der Waals surface area (Å²) >= 11 is 0. The molecule has 0 radical (unpaired) electrons. The van der Waals surface area contributed by atoms with Crippen molar-refractivity contribution in [2.24, 2.45) is 0 Å². The summed E-state index contributed by atoms with van der Waals surface area (Å²) in [5.74, 6) is 1.21. The summed E-state index contributed by atoms with van der Waals surface area (Å²) in [5, 5.41) is 2.38. The van der Waals surface area contributed by atoms with Gasteiger partial charge in [0.1, 0.15) is 32.8 Å². The molecule has 336 valence electrons. The Bertz CT molecular complexity index is 2080. The number of sulfone groups is 2. The molecule has 0 amide bonds. The number of unbranched alkanes of at least 4 members (excludes halogenated alkanes) is 16. The molecule has 0 aliphatic heterocycles. The molecule has 0 unspecified atom stereocenters. The molecule has 4 aromatic rings. The van der Waals surface area contributed by atoms with E-state index < -0.39 is 33.8 Å². The number of ether oxygens (including phenoxy) is 4. The van der Waals surface area contributed by atoms with E-state index in [4.69, 9.17) is 18.9 Å². The third kappa shape index (κ3) is 15.0. The third-order valence-corrected chi connectivity index (χ3v) is 15.1. The zero-order valence-corrected chi connectivity index (χ0v) is 38.9. The molecule has 12 heteroatoms. The van der Waals surface area contributed by atoms with Crippen molar-refractivity contribution in [3.63, 3.8) is 0 Å². The highest BCUT2D eigenvalue weighted by Crippen LogP contribution is 2.38. The van der Waals surface area contributed by atoms with Crippen molar-refractivity contribution in [3.8, 4) is 23.0 Å². The average Bonchev–Trinajstić information content (AvgIpc) is 3.25. The summed E-state index contributed by atoms with van der Waals surface area (Å²) in [4.78, 5) is 2.20. The number of fused-ring (bicyclic) bond motifs is 2. The molecule has 4 aromatic carbocycles. The van der Waals surface area contributed by atoms with Crippen LogP contribution < -0.4 is 18.9 Å². The number of hydrogen-bond acceptors (Lipinski definition) is 8. The van der Waals surface area contributed by atoms with Gasteiger partial charge in [0, 0.05) is 0 Å². The number of benzene rings is 4. The van der Waals surface area contributed by atoms with Gasteiger partial charge >= 0.3 is 4.38 Å². The van der Waals surface area contributed by atoms with Crippen LogP contribution >= 0.6 is 0 Å². The van der Waals surface area contributed by atoms with E-state index in [0.29, 0.717) is 59.1 Å². The topological polar surface area (TPSA) is 142 Å². The van der Waals surface area contributed by atoms with Crippen LogP contribution in [0.1, 0.15) is 156 Å². The van der Waals surface area contributed by atoms with Crippen LogP contribution in [0.25, 0.3) is 27.1 Å². The van der Waals surface area contributed by atoms with Gasteiger partial charge in [0.25, 0.3) is 19.7 Å². The molecule has 0 aromatic heterocycles. The fraction of sp³-hybridized carbons (Fsp3) is 0.571. The minimum Gasteiger partial charge on any atom is -0.494 e. The van der Waals surface area contributed by atoms with Gasteiger partial charge in [0.2, 0.25) is 0 Å². The normalized spacial score (nSPS) is 11.8. The molecule has 0 bridgehead atoms. The van der Waals surface area contributed by atoms with Crippen molar-refractivity contribution in [2.45, 2.75) is 166 Å². The Morgan fingerprint density at radius 2 is 0.754 bits per heavy atom. The molecule has 0 aliphatic rings. The highest BCUT2D eigenvalue weighted by atomic mass is 32.3. The van der Waals surface area contributed by atoms with Gasteiger partial charge in [-0.3, -0.25) is 0 Å². The second-order valence-electron chi connectivity index (χ2n) is 16.0. The van der Waals surface area contributed by atoms with Gasteiger partial charge in [-0.1, -0.05) is 143 Å². The van der Waals surface area contributed by atoms with Gasteiger partial charge in [-0.25, -0.2) is 16.8 Å². The molecule has 0 atom stereocenters. The van der Waals surface area contributed by atoms with E-state index in [-0.39, 0.29) is 24.7 Å². The SMILES string of the molecule is CCCCCCCOc1ccc2cc(S(=O)(=O)C(=[N+]=[N-])S(=O)(=O)c3cc4ccc(OCCCCCCC)cc4cc3OCCCCCCC)c(OCCCCCCC)cc2c1. The Labute approximate surface area is 366 Å². The fourth-order valence-corrected chi connectivity index (χ4v) is 10.9. The Kier molecular flexibility index (Phi) is 21.4. The molecule has 0 aliphatic carbocycles. The van der Waals surface area contributed by atoms with E-state index in [1.165, 1.54) is 37.8 Å². The van der Waals surface area contributed by atoms with Gasteiger partial charge in [-0.15, -0.1) is 4.79 Å². The zero-order valence-electron chi connectivity index (χ0n) is 37.2. The predicted octanol–water partition coefficient (Wildman–Crippen LogP) is 13.2. The summed E-state index contributed by atoms with van der Waals surface area (Å²) in [7, 11) is -10.0. The highest BCUT2D eigenvalue weighted by molar-refractivity contribution is 8.31. The van der Waals surface area contributed by atoms with E-state index >= 15 is 0 Å². The molecule has 61 heavy (non-hydrogen) atoms. The molecule has 0 N–H and O–H groups in total. The van der Waals surface area contributed by atoms with E-state index in [0.717, 1.165) is 89.9 Å². The maximum absolute atomic E-state index is 14.7. The summed E-state index contributed by atoms with van der Waals surface area (Å²) in [5.41, 5.74) is 10.4. The zero-order chi connectivity index (χ0) is 43.9. The van der Waals surface area contributed by atoms with Crippen LogP contribution in [0.3, 0.4) is 0 Å². The first kappa shape index (κ1) is 49.5. The first-order valence-corrected chi connectivity index (χ1v) is 26.0. The van der Waals surface area contributed by atoms with Crippen LogP contribution in [0.5, 0.6) is 23.0 Å². The van der Waals surface area contributed by atoms with E-state index in [1.54, 1.807) is 36.4 Å². The molecule has 0 saturated heterocycles. The van der Waals surface area contributed by atoms with Crippen molar-refractivity contribution in [2.75, 3.05) is 26.4 Å². The standard InChI is InChI=1S/C49H70N2O8S2/c1-5-9-13-17-21-29-56-43-27-25-39-37-47(45(35-41(39)33-43)58-31-23-19-15-11-7-3)60(52,53)49(51-50)61(54,55)48-38-40-26-28-44(57-30-22-18-14-10-6-2)34-42(40)36-46(48)59-32-24-20-16-12-8-4/h25-28,33-38H,5-24,29-32H2,1-4H3. The van der Waals surface area contributed by atoms with Gasteiger partial charge in [0.05, 0.1) is 26.4 Å². The molecular weight excluding hydrogens is 809 g/mol. The number of hydrogen-bond donors (Lipinski definition) is 0. The van der Waals surface area contributed by atoms with Gasteiger partial charge in [-0.2, -0.15) is 0 Å². The lowest BCUT2D eigenvalue weighted by atomic mass is 10.1. The minimum atomic E-state index is -5.02. The second kappa shape index (κ2) is 26.4. The molecule has 0 fully saturated rings. The molecule has 0 heterocycles.